The van der Waals surface area contributed by atoms with Gasteiger partial charge in [-0.3, -0.25) is 0 Å². The van der Waals surface area contributed by atoms with Crippen molar-refractivity contribution < 1.29 is 14.9 Å². The smallest absolute Gasteiger partial charge is 0.160 e. The van der Waals surface area contributed by atoms with E-state index in [2.05, 4.69) is 5.32 Å². The van der Waals surface area contributed by atoms with Crippen molar-refractivity contribution in [3.8, 4) is 11.5 Å². The van der Waals surface area contributed by atoms with Crippen LogP contribution in [0.5, 0.6) is 11.5 Å². The molecule has 102 valence electrons. The highest BCUT2D eigenvalue weighted by Crippen LogP contribution is 2.25. The Balaban J connectivity index is 2.17. The third kappa shape index (κ3) is 5.62. The summed E-state index contributed by atoms with van der Waals surface area (Å²) in [6.45, 7) is 1.92. The molecule has 1 aromatic carbocycles. The molecule has 0 aliphatic heterocycles. The number of methoxy groups -OCH3 is 1. The Morgan fingerprint density at radius 3 is 2.83 bits per heavy atom. The second-order valence-corrected chi connectivity index (χ2v) is 5.10. The highest BCUT2D eigenvalue weighted by molar-refractivity contribution is 7.99. The first-order valence-electron chi connectivity index (χ1n) is 6.03. The minimum atomic E-state index is 0.175. The van der Waals surface area contributed by atoms with E-state index >= 15 is 0 Å². The number of aliphatic hydroxyl groups excluding tert-OH is 1. The van der Waals surface area contributed by atoms with Gasteiger partial charge in [0.25, 0.3) is 0 Å². The molecule has 4 nitrogen and oxygen atoms in total. The number of thioether (sulfide) groups is 1. The number of rotatable bonds is 9. The van der Waals surface area contributed by atoms with E-state index in [1.54, 1.807) is 12.1 Å². The molecule has 0 fully saturated rings. The molecule has 0 bridgehead atoms. The maximum absolute atomic E-state index is 9.61. The van der Waals surface area contributed by atoms with Crippen molar-refractivity contribution in [2.75, 3.05) is 31.8 Å². The van der Waals surface area contributed by atoms with Gasteiger partial charge in [0.05, 0.1) is 7.11 Å². The van der Waals surface area contributed by atoms with Gasteiger partial charge >= 0.3 is 0 Å². The van der Waals surface area contributed by atoms with Crippen molar-refractivity contribution in [2.45, 2.75) is 13.0 Å². The summed E-state index contributed by atoms with van der Waals surface area (Å²) in [4.78, 5) is 0. The normalized spacial score (nSPS) is 10.6. The monoisotopic (exact) mass is 271 g/mol. The van der Waals surface area contributed by atoms with E-state index in [1.165, 1.54) is 7.11 Å². The van der Waals surface area contributed by atoms with Gasteiger partial charge in [-0.15, -0.1) is 0 Å². The van der Waals surface area contributed by atoms with Gasteiger partial charge in [0.2, 0.25) is 0 Å². The van der Waals surface area contributed by atoms with Crippen LogP contribution in [0.2, 0.25) is 0 Å². The Hall–Kier alpha value is -0.910. The number of hydrogen-bond acceptors (Lipinski definition) is 5. The molecule has 0 aliphatic rings. The Morgan fingerprint density at radius 2 is 2.17 bits per heavy atom. The molecule has 0 saturated heterocycles. The van der Waals surface area contributed by atoms with E-state index in [0.717, 1.165) is 36.6 Å². The van der Waals surface area contributed by atoms with E-state index in [1.807, 2.05) is 17.8 Å². The van der Waals surface area contributed by atoms with Crippen LogP contribution in [0.15, 0.2) is 18.2 Å². The predicted molar refractivity (Wildman–Crippen MR) is 75.4 cm³/mol. The fourth-order valence-electron chi connectivity index (χ4n) is 1.49. The van der Waals surface area contributed by atoms with E-state index in [0.29, 0.717) is 5.75 Å². The summed E-state index contributed by atoms with van der Waals surface area (Å²) in [6, 6.07) is 5.41. The summed E-state index contributed by atoms with van der Waals surface area (Å²) in [6.07, 6.45) is 0.858. The van der Waals surface area contributed by atoms with E-state index in [-0.39, 0.29) is 12.4 Å². The highest BCUT2D eigenvalue weighted by atomic mass is 32.2. The number of aromatic hydroxyl groups is 1. The lowest BCUT2D eigenvalue weighted by molar-refractivity contribution is 0.296. The van der Waals surface area contributed by atoms with Crippen LogP contribution in [0, 0.1) is 0 Å². The highest BCUT2D eigenvalue weighted by Gasteiger charge is 2.01. The zero-order valence-corrected chi connectivity index (χ0v) is 11.5. The molecule has 0 atom stereocenters. The Bertz CT molecular complexity index is 347. The maximum Gasteiger partial charge on any atom is 0.160 e. The number of phenolic OH excluding ortho intramolecular Hbond substituents is 1. The summed E-state index contributed by atoms with van der Waals surface area (Å²) in [7, 11) is 1.54. The second-order valence-electron chi connectivity index (χ2n) is 3.87. The van der Waals surface area contributed by atoms with E-state index in [4.69, 9.17) is 9.84 Å². The zero-order valence-electron chi connectivity index (χ0n) is 10.7. The largest absolute Gasteiger partial charge is 0.504 e. The van der Waals surface area contributed by atoms with Crippen molar-refractivity contribution >= 4 is 11.8 Å². The number of hydrogen-bond donors (Lipinski definition) is 3. The molecule has 0 radical (unpaired) electrons. The van der Waals surface area contributed by atoms with Gasteiger partial charge in [-0.1, -0.05) is 6.07 Å². The topological polar surface area (TPSA) is 61.7 Å². The van der Waals surface area contributed by atoms with Crippen LogP contribution in [0.3, 0.4) is 0 Å². The van der Waals surface area contributed by atoms with Crippen molar-refractivity contribution in [2.24, 2.45) is 0 Å². The number of aliphatic hydroxyl groups is 1. The first-order chi connectivity index (χ1) is 8.77. The first-order valence-corrected chi connectivity index (χ1v) is 7.18. The fraction of sp³-hybridized carbons (Fsp3) is 0.538. The minimum absolute atomic E-state index is 0.175. The molecule has 0 aromatic heterocycles. The van der Waals surface area contributed by atoms with Crippen LogP contribution in [0.1, 0.15) is 12.0 Å². The summed E-state index contributed by atoms with van der Waals surface area (Å²) < 4.78 is 4.99. The van der Waals surface area contributed by atoms with Gasteiger partial charge in [-0.2, -0.15) is 11.8 Å². The standard InChI is InChI=1S/C13H21NO3S/c1-17-13-4-3-11(9-12(13)16)10-14-5-8-18-7-2-6-15/h3-4,9,14-16H,2,5-8,10H2,1H3. The Kier molecular flexibility index (Phi) is 7.64. The number of phenols is 1. The summed E-state index contributed by atoms with van der Waals surface area (Å²) in [5, 5.41) is 21.5. The average molecular weight is 271 g/mol. The molecule has 0 spiro atoms. The van der Waals surface area contributed by atoms with Gasteiger partial charge in [0.15, 0.2) is 11.5 Å². The molecular weight excluding hydrogens is 250 g/mol. The van der Waals surface area contributed by atoms with E-state index in [9.17, 15) is 5.11 Å². The molecule has 0 heterocycles. The summed E-state index contributed by atoms with van der Waals surface area (Å²) in [5.74, 6) is 2.70. The van der Waals surface area contributed by atoms with Crippen molar-refractivity contribution in [3.63, 3.8) is 0 Å². The third-order valence-corrected chi connectivity index (χ3v) is 3.51. The van der Waals surface area contributed by atoms with Crippen molar-refractivity contribution in [3.05, 3.63) is 23.8 Å². The zero-order chi connectivity index (χ0) is 13.2. The summed E-state index contributed by atoms with van der Waals surface area (Å²) in [5.41, 5.74) is 1.04. The Labute approximate surface area is 112 Å². The average Bonchev–Trinajstić information content (AvgIpc) is 2.38. The third-order valence-electron chi connectivity index (χ3n) is 2.44. The van der Waals surface area contributed by atoms with Crippen molar-refractivity contribution in [1.82, 2.24) is 5.32 Å². The molecule has 0 aliphatic carbocycles. The second kappa shape index (κ2) is 9.08. The predicted octanol–water partition coefficient (Wildman–Crippen LogP) is 1.61. The molecular formula is C13H21NO3S. The quantitative estimate of drug-likeness (QED) is 0.596. The van der Waals surface area contributed by atoms with Crippen LogP contribution in [-0.2, 0) is 6.54 Å². The van der Waals surface area contributed by atoms with Crippen LogP contribution in [-0.4, -0.2) is 42.0 Å². The molecule has 1 aromatic rings. The van der Waals surface area contributed by atoms with Gasteiger partial charge in [0.1, 0.15) is 0 Å². The lowest BCUT2D eigenvalue weighted by atomic mass is 10.2. The molecule has 1 rings (SSSR count). The maximum atomic E-state index is 9.61. The fourth-order valence-corrected chi connectivity index (χ4v) is 2.32. The lowest BCUT2D eigenvalue weighted by Crippen LogP contribution is -2.16. The number of benzene rings is 1. The van der Waals surface area contributed by atoms with Gasteiger partial charge in [-0.25, -0.2) is 0 Å². The van der Waals surface area contributed by atoms with Crippen LogP contribution < -0.4 is 10.1 Å². The molecule has 5 heteroatoms. The van der Waals surface area contributed by atoms with Crippen LogP contribution in [0.4, 0.5) is 0 Å². The van der Waals surface area contributed by atoms with Crippen molar-refractivity contribution in [1.29, 1.82) is 0 Å². The van der Waals surface area contributed by atoms with Gasteiger partial charge < -0.3 is 20.3 Å². The summed E-state index contributed by atoms with van der Waals surface area (Å²) >= 11 is 1.83. The van der Waals surface area contributed by atoms with Crippen LogP contribution in [0.25, 0.3) is 0 Å². The molecule has 0 unspecified atom stereocenters. The molecule has 0 saturated carbocycles. The number of nitrogens with one attached hydrogen (secondary N) is 1. The van der Waals surface area contributed by atoms with Gasteiger partial charge in [-0.05, 0) is 29.9 Å². The molecule has 0 amide bonds. The van der Waals surface area contributed by atoms with Gasteiger partial charge in [0, 0.05) is 25.4 Å². The minimum Gasteiger partial charge on any atom is -0.504 e. The lowest BCUT2D eigenvalue weighted by Gasteiger charge is -2.07. The SMILES string of the molecule is COc1ccc(CNCCSCCCO)cc1O. The van der Waals surface area contributed by atoms with Crippen LogP contribution >= 0.6 is 11.8 Å². The Morgan fingerprint density at radius 1 is 1.33 bits per heavy atom. The first kappa shape index (κ1) is 15.1. The molecule has 3 N–H and O–H groups in total. The molecule has 18 heavy (non-hydrogen) atoms. The van der Waals surface area contributed by atoms with E-state index < -0.39 is 0 Å². The number of ether oxygens (including phenoxy) is 1.